The van der Waals surface area contributed by atoms with Gasteiger partial charge in [-0.2, -0.15) is 5.10 Å². The number of carbonyl (C=O) groups excluding carboxylic acids is 2. The third kappa shape index (κ3) is 4.78. The summed E-state index contributed by atoms with van der Waals surface area (Å²) in [4.78, 5) is 34.1. The Morgan fingerprint density at radius 1 is 0.957 bits per heavy atom. The van der Waals surface area contributed by atoms with Gasteiger partial charge in [0.05, 0.1) is 11.8 Å². The van der Waals surface area contributed by atoms with E-state index in [9.17, 15) is 14.4 Å². The molecule has 2 aromatic carbocycles. The molecule has 3 N–H and O–H groups in total. The second kappa shape index (κ2) is 7.51. The number of hydrogen-bond donors (Lipinski definition) is 3. The molecular formula is C16H13N3O4. The summed E-state index contributed by atoms with van der Waals surface area (Å²) in [7, 11) is 0. The average molecular weight is 311 g/mol. The van der Waals surface area contributed by atoms with Crippen LogP contribution in [-0.4, -0.2) is 29.1 Å². The molecular weight excluding hydrogens is 298 g/mol. The minimum Gasteiger partial charge on any atom is -0.478 e. The first-order chi connectivity index (χ1) is 11.1. The Labute approximate surface area is 131 Å². The predicted molar refractivity (Wildman–Crippen MR) is 84.2 cm³/mol. The zero-order valence-electron chi connectivity index (χ0n) is 11.9. The Balaban J connectivity index is 1.93. The number of hydrogen-bond acceptors (Lipinski definition) is 4. The summed E-state index contributed by atoms with van der Waals surface area (Å²) in [6, 6.07) is 14.6. The molecule has 23 heavy (non-hydrogen) atoms. The van der Waals surface area contributed by atoms with Gasteiger partial charge in [0.1, 0.15) is 0 Å². The number of aromatic carboxylic acids is 1. The van der Waals surface area contributed by atoms with Gasteiger partial charge in [-0.05, 0) is 23.8 Å². The lowest BCUT2D eigenvalue weighted by Gasteiger charge is -2.04. The lowest BCUT2D eigenvalue weighted by molar-refractivity contribution is -0.136. The lowest BCUT2D eigenvalue weighted by Crippen LogP contribution is -2.32. The van der Waals surface area contributed by atoms with Crippen molar-refractivity contribution in [3.63, 3.8) is 0 Å². The molecule has 0 unspecified atom stereocenters. The fourth-order valence-electron chi connectivity index (χ4n) is 1.67. The summed E-state index contributed by atoms with van der Waals surface area (Å²) in [6.45, 7) is 0. The zero-order valence-corrected chi connectivity index (χ0v) is 11.9. The van der Waals surface area contributed by atoms with Crippen LogP contribution in [0.4, 0.5) is 5.69 Å². The highest BCUT2D eigenvalue weighted by atomic mass is 16.4. The van der Waals surface area contributed by atoms with Crippen LogP contribution < -0.4 is 10.7 Å². The van der Waals surface area contributed by atoms with E-state index >= 15 is 0 Å². The molecule has 116 valence electrons. The maximum Gasteiger partial charge on any atom is 0.335 e. The quantitative estimate of drug-likeness (QED) is 0.451. The molecule has 0 saturated heterocycles. The first kappa shape index (κ1) is 15.9. The van der Waals surface area contributed by atoms with Crippen molar-refractivity contribution < 1.29 is 19.5 Å². The Kier molecular flexibility index (Phi) is 5.19. The predicted octanol–water partition coefficient (Wildman–Crippen LogP) is 1.47. The average Bonchev–Trinajstić information content (AvgIpc) is 2.56. The molecule has 7 nitrogen and oxygen atoms in total. The Bertz CT molecular complexity index is 757. The van der Waals surface area contributed by atoms with Gasteiger partial charge in [0.25, 0.3) is 0 Å². The number of carboxylic acid groups (broad SMARTS) is 1. The zero-order chi connectivity index (χ0) is 16.7. The minimum atomic E-state index is -1.13. The molecule has 0 bridgehead atoms. The van der Waals surface area contributed by atoms with Crippen LogP contribution in [0.25, 0.3) is 0 Å². The van der Waals surface area contributed by atoms with E-state index in [1.807, 2.05) is 18.2 Å². The van der Waals surface area contributed by atoms with Crippen LogP contribution in [0.5, 0.6) is 0 Å². The fraction of sp³-hybridized carbons (Fsp3) is 0. The second-order valence-electron chi connectivity index (χ2n) is 4.45. The molecule has 0 aromatic heterocycles. The van der Waals surface area contributed by atoms with Crippen LogP contribution in [0.3, 0.4) is 0 Å². The third-order valence-electron chi connectivity index (χ3n) is 2.75. The van der Waals surface area contributed by atoms with Gasteiger partial charge in [-0.25, -0.2) is 10.2 Å². The highest BCUT2D eigenvalue weighted by molar-refractivity contribution is 6.39. The van der Waals surface area contributed by atoms with Crippen molar-refractivity contribution in [3.8, 4) is 0 Å². The van der Waals surface area contributed by atoms with E-state index in [1.165, 1.54) is 30.5 Å². The summed E-state index contributed by atoms with van der Waals surface area (Å²) >= 11 is 0. The number of rotatable bonds is 4. The second-order valence-corrected chi connectivity index (χ2v) is 4.45. The van der Waals surface area contributed by atoms with Crippen LogP contribution in [0.2, 0.25) is 0 Å². The van der Waals surface area contributed by atoms with Crippen molar-refractivity contribution in [2.45, 2.75) is 0 Å². The van der Waals surface area contributed by atoms with Crippen LogP contribution >= 0.6 is 0 Å². The standard InChI is InChI=1S/C16H13N3O4/c20-14(18-13-8-4-7-12(9-13)16(22)23)15(21)19-17-10-11-5-2-1-3-6-11/h1-10H,(H,18,20)(H,19,21)(H,22,23)/b17-10-. The fourth-order valence-corrected chi connectivity index (χ4v) is 1.67. The Morgan fingerprint density at radius 3 is 2.39 bits per heavy atom. The molecule has 0 heterocycles. The molecule has 0 aliphatic carbocycles. The van der Waals surface area contributed by atoms with Gasteiger partial charge < -0.3 is 10.4 Å². The van der Waals surface area contributed by atoms with Crippen molar-refractivity contribution >= 4 is 29.7 Å². The highest BCUT2D eigenvalue weighted by Gasteiger charge is 2.13. The number of carbonyl (C=O) groups is 3. The molecule has 0 radical (unpaired) electrons. The van der Waals surface area contributed by atoms with E-state index in [1.54, 1.807) is 12.1 Å². The van der Waals surface area contributed by atoms with Crippen molar-refractivity contribution in [1.82, 2.24) is 5.43 Å². The highest BCUT2D eigenvalue weighted by Crippen LogP contribution is 2.10. The van der Waals surface area contributed by atoms with Gasteiger partial charge in [-0.15, -0.1) is 0 Å². The maximum atomic E-state index is 11.7. The number of benzene rings is 2. The molecule has 0 aliphatic rings. The van der Waals surface area contributed by atoms with Crippen LogP contribution in [0, 0.1) is 0 Å². The van der Waals surface area contributed by atoms with Gasteiger partial charge in [0, 0.05) is 5.69 Å². The van der Waals surface area contributed by atoms with Crippen LogP contribution in [0.15, 0.2) is 59.7 Å². The summed E-state index contributed by atoms with van der Waals surface area (Å²) in [5, 5.41) is 14.8. The van der Waals surface area contributed by atoms with Crippen LogP contribution in [-0.2, 0) is 9.59 Å². The van der Waals surface area contributed by atoms with Gasteiger partial charge in [-0.3, -0.25) is 9.59 Å². The topological polar surface area (TPSA) is 108 Å². The number of amides is 2. The van der Waals surface area contributed by atoms with Crippen molar-refractivity contribution in [2.24, 2.45) is 5.10 Å². The first-order valence-corrected chi connectivity index (χ1v) is 6.59. The number of carboxylic acids is 1. The normalized spacial score (nSPS) is 10.3. The van der Waals surface area contributed by atoms with Crippen molar-refractivity contribution in [3.05, 3.63) is 65.7 Å². The Hall–Kier alpha value is -3.48. The van der Waals surface area contributed by atoms with Gasteiger partial charge >= 0.3 is 17.8 Å². The summed E-state index contributed by atoms with van der Waals surface area (Å²) in [6.07, 6.45) is 1.40. The molecule has 2 rings (SSSR count). The van der Waals surface area contributed by atoms with E-state index in [0.717, 1.165) is 5.56 Å². The maximum absolute atomic E-state index is 11.7. The van der Waals surface area contributed by atoms with Crippen LogP contribution in [0.1, 0.15) is 15.9 Å². The summed E-state index contributed by atoms with van der Waals surface area (Å²) in [5.74, 6) is -3.03. The molecule has 0 saturated carbocycles. The van der Waals surface area contributed by atoms with E-state index in [-0.39, 0.29) is 11.3 Å². The lowest BCUT2D eigenvalue weighted by atomic mass is 10.2. The molecule has 0 aliphatic heterocycles. The minimum absolute atomic E-state index is 0.00491. The van der Waals surface area contributed by atoms with Crippen molar-refractivity contribution in [1.29, 1.82) is 0 Å². The van der Waals surface area contributed by atoms with E-state index < -0.39 is 17.8 Å². The molecule has 7 heteroatoms. The number of hydrazone groups is 1. The molecule has 0 atom stereocenters. The molecule has 0 fully saturated rings. The largest absolute Gasteiger partial charge is 0.478 e. The Morgan fingerprint density at radius 2 is 1.70 bits per heavy atom. The van der Waals surface area contributed by atoms with Gasteiger partial charge in [0.15, 0.2) is 0 Å². The summed E-state index contributed by atoms with van der Waals surface area (Å²) in [5.41, 5.74) is 3.07. The van der Waals surface area contributed by atoms with E-state index in [0.29, 0.717) is 0 Å². The number of anilines is 1. The number of nitrogens with one attached hydrogen (secondary N) is 2. The number of nitrogens with zero attached hydrogens (tertiary/aromatic N) is 1. The van der Waals surface area contributed by atoms with Gasteiger partial charge in [0.2, 0.25) is 0 Å². The van der Waals surface area contributed by atoms with E-state index in [4.69, 9.17) is 5.11 Å². The van der Waals surface area contributed by atoms with E-state index in [2.05, 4.69) is 15.8 Å². The third-order valence-corrected chi connectivity index (χ3v) is 2.75. The summed E-state index contributed by atoms with van der Waals surface area (Å²) < 4.78 is 0. The molecule has 0 spiro atoms. The SMILES string of the molecule is O=C(N/N=C\c1ccccc1)C(=O)Nc1cccc(C(=O)O)c1. The monoisotopic (exact) mass is 311 g/mol. The molecule has 2 aromatic rings. The van der Waals surface area contributed by atoms with Crippen molar-refractivity contribution in [2.75, 3.05) is 5.32 Å². The smallest absolute Gasteiger partial charge is 0.335 e. The first-order valence-electron chi connectivity index (χ1n) is 6.59. The van der Waals surface area contributed by atoms with Gasteiger partial charge in [-0.1, -0.05) is 36.4 Å². The molecule has 2 amide bonds.